The van der Waals surface area contributed by atoms with E-state index in [0.29, 0.717) is 36.3 Å². The van der Waals surface area contributed by atoms with Crippen molar-refractivity contribution >= 4 is 33.2 Å². The van der Waals surface area contributed by atoms with Crippen LogP contribution in [0.25, 0.3) is 0 Å². The van der Waals surface area contributed by atoms with Gasteiger partial charge in [0.15, 0.2) is 0 Å². The van der Waals surface area contributed by atoms with Gasteiger partial charge >= 0.3 is 0 Å². The number of nitrogens with one attached hydrogen (secondary N) is 2. The molecule has 3 rings (SSSR count). The SMILES string of the molecule is COc1ccc(Cl)cc1NS(=O)(=O)c1cccc(C(=O)NCCCOCC2CC2)c1. The maximum atomic E-state index is 12.8. The highest BCUT2D eigenvalue weighted by Crippen LogP contribution is 2.30. The van der Waals surface area contributed by atoms with Gasteiger partial charge in [0.2, 0.25) is 0 Å². The number of carbonyl (C=O) groups excluding carboxylic acids is 1. The Bertz CT molecular complexity index is 993. The fraction of sp³-hybridized carbons (Fsp3) is 0.381. The molecule has 0 saturated heterocycles. The van der Waals surface area contributed by atoms with E-state index in [4.69, 9.17) is 21.1 Å². The highest BCUT2D eigenvalue weighted by molar-refractivity contribution is 7.92. The molecule has 0 aromatic heterocycles. The number of halogens is 1. The molecule has 0 bridgehead atoms. The number of hydrogen-bond acceptors (Lipinski definition) is 5. The second kappa shape index (κ2) is 10.1. The van der Waals surface area contributed by atoms with Gasteiger partial charge in [0, 0.05) is 30.3 Å². The van der Waals surface area contributed by atoms with Crippen LogP contribution in [-0.2, 0) is 14.8 Å². The zero-order chi connectivity index (χ0) is 21.6. The molecule has 30 heavy (non-hydrogen) atoms. The van der Waals surface area contributed by atoms with E-state index in [1.165, 1.54) is 44.2 Å². The number of amides is 1. The molecular formula is C21H25ClN2O5S. The number of carbonyl (C=O) groups is 1. The summed E-state index contributed by atoms with van der Waals surface area (Å²) in [5.74, 6) is 0.708. The molecule has 2 N–H and O–H groups in total. The predicted octanol–water partition coefficient (Wildman–Crippen LogP) is 3.70. The Morgan fingerprint density at radius 3 is 2.73 bits per heavy atom. The maximum Gasteiger partial charge on any atom is 0.262 e. The number of methoxy groups -OCH3 is 1. The van der Waals surface area contributed by atoms with Gasteiger partial charge in [-0.3, -0.25) is 9.52 Å². The van der Waals surface area contributed by atoms with Crippen LogP contribution < -0.4 is 14.8 Å². The van der Waals surface area contributed by atoms with Crippen molar-refractivity contribution in [3.05, 3.63) is 53.1 Å². The molecule has 1 aliphatic carbocycles. The second-order valence-corrected chi connectivity index (χ2v) is 9.22. The van der Waals surface area contributed by atoms with E-state index >= 15 is 0 Å². The largest absolute Gasteiger partial charge is 0.495 e. The lowest BCUT2D eigenvalue weighted by Crippen LogP contribution is -2.25. The smallest absolute Gasteiger partial charge is 0.262 e. The van der Waals surface area contributed by atoms with Gasteiger partial charge < -0.3 is 14.8 Å². The first-order chi connectivity index (χ1) is 14.4. The van der Waals surface area contributed by atoms with Gasteiger partial charge in [0.05, 0.1) is 17.7 Å². The Kier molecular flexibility index (Phi) is 7.58. The number of benzene rings is 2. The molecular weight excluding hydrogens is 428 g/mol. The summed E-state index contributed by atoms with van der Waals surface area (Å²) in [4.78, 5) is 12.3. The summed E-state index contributed by atoms with van der Waals surface area (Å²) in [6.07, 6.45) is 3.19. The molecule has 2 aromatic rings. The topological polar surface area (TPSA) is 93.7 Å². The van der Waals surface area contributed by atoms with Crippen molar-refractivity contribution in [3.63, 3.8) is 0 Å². The van der Waals surface area contributed by atoms with Gasteiger partial charge in [0.1, 0.15) is 5.75 Å². The predicted molar refractivity (Wildman–Crippen MR) is 116 cm³/mol. The molecule has 1 fully saturated rings. The zero-order valence-corrected chi connectivity index (χ0v) is 18.3. The monoisotopic (exact) mass is 452 g/mol. The number of sulfonamides is 1. The van der Waals surface area contributed by atoms with Crippen molar-refractivity contribution in [1.29, 1.82) is 0 Å². The van der Waals surface area contributed by atoms with Gasteiger partial charge in [-0.1, -0.05) is 17.7 Å². The summed E-state index contributed by atoms with van der Waals surface area (Å²) in [6.45, 7) is 1.84. The lowest BCUT2D eigenvalue weighted by atomic mass is 10.2. The highest BCUT2D eigenvalue weighted by Gasteiger charge is 2.21. The van der Waals surface area contributed by atoms with Crippen molar-refractivity contribution in [1.82, 2.24) is 5.32 Å². The maximum absolute atomic E-state index is 12.8. The zero-order valence-electron chi connectivity index (χ0n) is 16.7. The molecule has 0 atom stereocenters. The average molecular weight is 453 g/mol. The van der Waals surface area contributed by atoms with Crippen LogP contribution in [0.4, 0.5) is 5.69 Å². The minimum atomic E-state index is -3.94. The molecule has 2 aromatic carbocycles. The molecule has 1 saturated carbocycles. The highest BCUT2D eigenvalue weighted by atomic mass is 35.5. The van der Waals surface area contributed by atoms with Crippen LogP contribution in [0.3, 0.4) is 0 Å². The second-order valence-electron chi connectivity index (χ2n) is 7.11. The van der Waals surface area contributed by atoms with Crippen molar-refractivity contribution in [2.75, 3.05) is 31.6 Å². The van der Waals surface area contributed by atoms with E-state index in [0.717, 1.165) is 6.61 Å². The van der Waals surface area contributed by atoms with Crippen molar-refractivity contribution in [2.24, 2.45) is 5.92 Å². The summed E-state index contributed by atoms with van der Waals surface area (Å²) >= 11 is 5.96. The molecule has 1 amide bonds. The lowest BCUT2D eigenvalue weighted by molar-refractivity contribution is 0.0937. The first-order valence-corrected chi connectivity index (χ1v) is 11.6. The summed E-state index contributed by atoms with van der Waals surface area (Å²) in [5.41, 5.74) is 0.473. The fourth-order valence-corrected chi connectivity index (χ4v) is 4.06. The van der Waals surface area contributed by atoms with Crippen LogP contribution in [0.1, 0.15) is 29.6 Å². The molecule has 9 heteroatoms. The first-order valence-electron chi connectivity index (χ1n) is 9.71. The minimum Gasteiger partial charge on any atom is -0.495 e. The molecule has 0 unspecified atom stereocenters. The number of hydrogen-bond donors (Lipinski definition) is 2. The van der Waals surface area contributed by atoms with Crippen molar-refractivity contribution in [3.8, 4) is 5.75 Å². The Labute approximate surface area is 181 Å². The average Bonchev–Trinajstić information content (AvgIpc) is 3.55. The summed E-state index contributed by atoms with van der Waals surface area (Å²) in [6, 6.07) is 10.5. The summed E-state index contributed by atoms with van der Waals surface area (Å²) in [7, 11) is -2.51. The van der Waals surface area contributed by atoms with Crippen LogP contribution in [-0.4, -0.2) is 41.2 Å². The van der Waals surface area contributed by atoms with E-state index in [2.05, 4.69) is 10.0 Å². The number of ether oxygens (including phenoxy) is 2. The van der Waals surface area contributed by atoms with Crippen LogP contribution in [0, 0.1) is 5.92 Å². The van der Waals surface area contributed by atoms with E-state index in [9.17, 15) is 13.2 Å². The number of anilines is 1. The summed E-state index contributed by atoms with van der Waals surface area (Å²) < 4.78 is 38.7. The van der Waals surface area contributed by atoms with Crippen LogP contribution in [0.2, 0.25) is 5.02 Å². The minimum absolute atomic E-state index is 0.0371. The third-order valence-corrected chi connectivity index (χ3v) is 6.21. The van der Waals surface area contributed by atoms with Crippen LogP contribution in [0.5, 0.6) is 5.75 Å². The van der Waals surface area contributed by atoms with Crippen molar-refractivity contribution in [2.45, 2.75) is 24.2 Å². The molecule has 7 nitrogen and oxygen atoms in total. The van der Waals surface area contributed by atoms with Crippen molar-refractivity contribution < 1.29 is 22.7 Å². The summed E-state index contributed by atoms with van der Waals surface area (Å²) in [5, 5.41) is 3.15. The lowest BCUT2D eigenvalue weighted by Gasteiger charge is -2.13. The van der Waals surface area contributed by atoms with E-state index in [1.54, 1.807) is 18.2 Å². The molecule has 0 aliphatic heterocycles. The molecule has 0 heterocycles. The van der Waals surface area contributed by atoms with E-state index < -0.39 is 10.0 Å². The Morgan fingerprint density at radius 1 is 1.20 bits per heavy atom. The molecule has 162 valence electrons. The number of rotatable bonds is 11. The van der Waals surface area contributed by atoms with Gasteiger partial charge in [-0.05, 0) is 61.6 Å². The van der Waals surface area contributed by atoms with Crippen LogP contribution in [0.15, 0.2) is 47.4 Å². The third kappa shape index (κ3) is 6.35. The standard InChI is InChI=1S/C21H25ClN2O5S/c1-28-20-9-8-17(22)13-19(20)24-30(26,27)18-5-2-4-16(12-18)21(25)23-10-3-11-29-14-15-6-7-15/h2,4-5,8-9,12-13,15,24H,3,6-7,10-11,14H2,1H3,(H,23,25). The van der Waals surface area contributed by atoms with Gasteiger partial charge in [-0.15, -0.1) is 0 Å². The normalized spacial score (nSPS) is 13.7. The third-order valence-electron chi connectivity index (χ3n) is 4.61. The van der Waals surface area contributed by atoms with Gasteiger partial charge in [0.25, 0.3) is 15.9 Å². The van der Waals surface area contributed by atoms with E-state index in [1.807, 2.05) is 0 Å². The Balaban J connectivity index is 1.60. The van der Waals surface area contributed by atoms with E-state index in [-0.39, 0.29) is 22.1 Å². The Morgan fingerprint density at radius 2 is 2.00 bits per heavy atom. The quantitative estimate of drug-likeness (QED) is 0.507. The van der Waals surface area contributed by atoms with Gasteiger partial charge in [-0.25, -0.2) is 8.42 Å². The molecule has 0 spiro atoms. The molecule has 1 aliphatic rings. The van der Waals surface area contributed by atoms with Gasteiger partial charge in [-0.2, -0.15) is 0 Å². The first kappa shape index (κ1) is 22.4. The Hall–Kier alpha value is -2.29. The molecule has 0 radical (unpaired) electrons. The van der Waals surface area contributed by atoms with Crippen LogP contribution >= 0.6 is 11.6 Å². The fourth-order valence-electron chi connectivity index (χ4n) is 2.78.